The van der Waals surface area contributed by atoms with Crippen LogP contribution in [0.3, 0.4) is 0 Å². The Balaban J connectivity index is 1.53. The number of amides is 2. The number of carbonyl (C=O) groups is 2. The first-order valence-electron chi connectivity index (χ1n) is 8.50. The van der Waals surface area contributed by atoms with Crippen LogP contribution in [0.1, 0.15) is 31.9 Å². The van der Waals surface area contributed by atoms with E-state index in [2.05, 4.69) is 9.97 Å². The van der Waals surface area contributed by atoms with E-state index in [0.717, 1.165) is 0 Å². The zero-order valence-corrected chi connectivity index (χ0v) is 14.2. The Morgan fingerprint density at radius 2 is 1.84 bits per heavy atom. The van der Waals surface area contributed by atoms with Crippen LogP contribution in [0.15, 0.2) is 12.4 Å². The Labute approximate surface area is 146 Å². The van der Waals surface area contributed by atoms with Crippen LogP contribution in [-0.4, -0.2) is 63.9 Å². The van der Waals surface area contributed by atoms with Crippen LogP contribution in [0, 0.1) is 17.2 Å². The zero-order valence-electron chi connectivity index (χ0n) is 14.2. The van der Waals surface area contributed by atoms with Crippen molar-refractivity contribution in [3.05, 3.63) is 18.1 Å². The maximum atomic E-state index is 12.7. The van der Waals surface area contributed by atoms with Crippen LogP contribution in [0.4, 0.5) is 0 Å². The highest BCUT2D eigenvalue weighted by Gasteiger charge is 2.34. The monoisotopic (exact) mass is 343 g/mol. The van der Waals surface area contributed by atoms with Crippen molar-refractivity contribution in [2.45, 2.75) is 32.3 Å². The molecule has 0 aromatic carbocycles. The number of carbonyl (C=O) groups excluding carboxylic acids is 2. The van der Waals surface area contributed by atoms with Crippen molar-refractivity contribution in [3.8, 4) is 11.9 Å². The third-order valence-corrected chi connectivity index (χ3v) is 4.80. The minimum Gasteiger partial charge on any atom is -0.470 e. The average Bonchev–Trinajstić information content (AvgIpc) is 3.10. The van der Waals surface area contributed by atoms with Crippen molar-refractivity contribution in [1.29, 1.82) is 5.26 Å². The highest BCUT2D eigenvalue weighted by Crippen LogP contribution is 2.24. The molecule has 0 spiro atoms. The molecule has 0 bridgehead atoms. The van der Waals surface area contributed by atoms with Gasteiger partial charge in [-0.15, -0.1) is 0 Å². The SMILES string of the molecule is CC(=O)N1CCC(C(=O)N2CC[C@H](Oc3nccnc3C#N)C2)CC1. The smallest absolute Gasteiger partial charge is 0.251 e. The van der Waals surface area contributed by atoms with Crippen LogP contribution in [0.2, 0.25) is 0 Å². The van der Waals surface area contributed by atoms with Gasteiger partial charge in [0.05, 0.1) is 6.54 Å². The maximum absolute atomic E-state index is 12.7. The maximum Gasteiger partial charge on any atom is 0.251 e. The van der Waals surface area contributed by atoms with Crippen LogP contribution in [0.25, 0.3) is 0 Å². The summed E-state index contributed by atoms with van der Waals surface area (Å²) in [5.74, 6) is 0.395. The molecule has 2 aliphatic heterocycles. The Hall–Kier alpha value is -2.69. The molecule has 0 saturated carbocycles. The summed E-state index contributed by atoms with van der Waals surface area (Å²) in [6.45, 7) is 3.98. The van der Waals surface area contributed by atoms with Gasteiger partial charge < -0.3 is 14.5 Å². The first-order chi connectivity index (χ1) is 12.1. The third-order valence-electron chi connectivity index (χ3n) is 4.80. The number of aromatic nitrogens is 2. The van der Waals surface area contributed by atoms with E-state index < -0.39 is 0 Å². The molecule has 1 aromatic rings. The van der Waals surface area contributed by atoms with E-state index >= 15 is 0 Å². The fraction of sp³-hybridized carbons (Fsp3) is 0.588. The summed E-state index contributed by atoms with van der Waals surface area (Å²) in [4.78, 5) is 35.7. The summed E-state index contributed by atoms with van der Waals surface area (Å²) in [6.07, 6.45) is 4.89. The molecule has 1 atom stereocenters. The molecule has 0 N–H and O–H groups in total. The van der Waals surface area contributed by atoms with Crippen LogP contribution in [-0.2, 0) is 9.59 Å². The molecule has 3 rings (SSSR count). The van der Waals surface area contributed by atoms with Gasteiger partial charge in [0, 0.05) is 51.3 Å². The molecule has 8 nitrogen and oxygen atoms in total. The minimum absolute atomic E-state index is 0.0273. The average molecular weight is 343 g/mol. The Morgan fingerprint density at radius 1 is 1.16 bits per heavy atom. The standard InChI is InChI=1S/C17H21N5O3/c1-12(23)21-7-2-13(3-8-21)17(24)22-9-4-14(11-22)25-16-15(10-18)19-5-6-20-16/h5-6,13-14H,2-4,7-9,11H2,1H3/t14-/m0/s1. The second kappa shape index (κ2) is 7.47. The number of nitrogens with zero attached hydrogens (tertiary/aromatic N) is 5. The highest BCUT2D eigenvalue weighted by molar-refractivity contribution is 5.80. The third kappa shape index (κ3) is 3.87. The zero-order chi connectivity index (χ0) is 17.8. The molecule has 8 heteroatoms. The van der Waals surface area contributed by atoms with Gasteiger partial charge in [0.1, 0.15) is 12.2 Å². The number of hydrogen-bond acceptors (Lipinski definition) is 6. The van der Waals surface area contributed by atoms with E-state index in [-0.39, 0.29) is 35.4 Å². The molecule has 0 aliphatic carbocycles. The lowest BCUT2D eigenvalue weighted by molar-refractivity contribution is -0.139. The number of likely N-dealkylation sites (tertiary alicyclic amines) is 2. The fourth-order valence-electron chi connectivity index (χ4n) is 3.37. The molecule has 2 amide bonds. The van der Waals surface area contributed by atoms with E-state index in [1.165, 1.54) is 12.4 Å². The van der Waals surface area contributed by atoms with Gasteiger partial charge >= 0.3 is 0 Å². The fourth-order valence-corrected chi connectivity index (χ4v) is 3.37. The van der Waals surface area contributed by atoms with E-state index in [9.17, 15) is 9.59 Å². The number of rotatable bonds is 3. The molecule has 2 fully saturated rings. The van der Waals surface area contributed by atoms with Crippen LogP contribution >= 0.6 is 0 Å². The number of hydrogen-bond donors (Lipinski definition) is 0. The molecule has 0 radical (unpaired) electrons. The van der Waals surface area contributed by atoms with Crippen molar-refractivity contribution >= 4 is 11.8 Å². The Bertz CT molecular complexity index is 694. The van der Waals surface area contributed by atoms with Crippen molar-refractivity contribution in [2.75, 3.05) is 26.2 Å². The Morgan fingerprint density at radius 3 is 2.52 bits per heavy atom. The predicted molar refractivity (Wildman–Crippen MR) is 87.3 cm³/mol. The molecule has 132 valence electrons. The summed E-state index contributed by atoms with van der Waals surface area (Å²) < 4.78 is 5.77. The quantitative estimate of drug-likeness (QED) is 0.796. The van der Waals surface area contributed by atoms with Gasteiger partial charge in [0.15, 0.2) is 0 Å². The molecule has 25 heavy (non-hydrogen) atoms. The molecule has 2 saturated heterocycles. The van der Waals surface area contributed by atoms with Crippen molar-refractivity contribution in [3.63, 3.8) is 0 Å². The summed E-state index contributed by atoms with van der Waals surface area (Å²) in [5.41, 5.74) is 0.156. The second-order valence-electron chi connectivity index (χ2n) is 6.42. The second-order valence-corrected chi connectivity index (χ2v) is 6.42. The summed E-state index contributed by atoms with van der Waals surface area (Å²) in [6, 6.07) is 1.96. The highest BCUT2D eigenvalue weighted by atomic mass is 16.5. The lowest BCUT2D eigenvalue weighted by Crippen LogP contribution is -2.43. The molecule has 3 heterocycles. The van der Waals surface area contributed by atoms with E-state index in [4.69, 9.17) is 10.00 Å². The molecular weight excluding hydrogens is 322 g/mol. The summed E-state index contributed by atoms with van der Waals surface area (Å²) in [7, 11) is 0. The van der Waals surface area contributed by atoms with Crippen LogP contribution < -0.4 is 4.74 Å². The number of nitriles is 1. The lowest BCUT2D eigenvalue weighted by atomic mass is 9.95. The van der Waals surface area contributed by atoms with Gasteiger partial charge in [-0.25, -0.2) is 9.97 Å². The summed E-state index contributed by atoms with van der Waals surface area (Å²) in [5, 5.41) is 9.04. The van der Waals surface area contributed by atoms with Crippen molar-refractivity contribution in [2.24, 2.45) is 5.92 Å². The van der Waals surface area contributed by atoms with Crippen molar-refractivity contribution < 1.29 is 14.3 Å². The van der Waals surface area contributed by atoms with Gasteiger partial charge in [-0.1, -0.05) is 0 Å². The first-order valence-corrected chi connectivity index (χ1v) is 8.50. The van der Waals surface area contributed by atoms with Gasteiger partial charge in [-0.3, -0.25) is 9.59 Å². The normalized spacial score (nSPS) is 21.0. The molecule has 0 unspecified atom stereocenters. The van der Waals surface area contributed by atoms with E-state index in [0.29, 0.717) is 45.4 Å². The molecule has 2 aliphatic rings. The lowest BCUT2D eigenvalue weighted by Gasteiger charge is -2.32. The van der Waals surface area contributed by atoms with E-state index in [1.54, 1.807) is 11.8 Å². The van der Waals surface area contributed by atoms with Crippen molar-refractivity contribution in [1.82, 2.24) is 19.8 Å². The first kappa shape index (κ1) is 17.1. The molecular formula is C17H21N5O3. The van der Waals surface area contributed by atoms with Gasteiger partial charge in [-0.2, -0.15) is 5.26 Å². The Kier molecular flexibility index (Phi) is 5.12. The van der Waals surface area contributed by atoms with Gasteiger partial charge in [-0.05, 0) is 12.8 Å². The van der Waals surface area contributed by atoms with Gasteiger partial charge in [0.2, 0.25) is 17.5 Å². The predicted octanol–water partition coefficient (Wildman–Crippen LogP) is 0.586. The number of piperidine rings is 1. The molecule has 1 aromatic heterocycles. The van der Waals surface area contributed by atoms with Gasteiger partial charge in [0.25, 0.3) is 5.88 Å². The van der Waals surface area contributed by atoms with Crippen LogP contribution in [0.5, 0.6) is 5.88 Å². The van der Waals surface area contributed by atoms with E-state index in [1.807, 2.05) is 11.0 Å². The largest absolute Gasteiger partial charge is 0.470 e. The number of ether oxygens (including phenoxy) is 1. The topological polar surface area (TPSA) is 99.4 Å². The minimum atomic E-state index is -0.176. The summed E-state index contributed by atoms with van der Waals surface area (Å²) >= 11 is 0.